The van der Waals surface area contributed by atoms with Crippen LogP contribution in [0.15, 0.2) is 24.3 Å². The van der Waals surface area contributed by atoms with Crippen LogP contribution >= 0.6 is 0 Å². The molecule has 0 rings (SSSR count). The Labute approximate surface area is 395 Å². The van der Waals surface area contributed by atoms with Gasteiger partial charge in [0.15, 0.2) is 0 Å². The molecule has 64 heavy (non-hydrogen) atoms. The van der Waals surface area contributed by atoms with Crippen molar-refractivity contribution in [2.45, 2.75) is 296 Å². The maximum absolute atomic E-state index is 11.7. The molecule has 0 radical (unpaired) electrons. The minimum absolute atomic E-state index is 0.0661. The van der Waals surface area contributed by atoms with Crippen LogP contribution in [-0.4, -0.2) is 45.8 Å². The zero-order valence-corrected chi connectivity index (χ0v) is 42.1. The number of rotatable bonds is 50. The Morgan fingerprint density at radius 3 is 1.06 bits per heavy atom. The molecule has 0 aromatic heterocycles. The summed E-state index contributed by atoms with van der Waals surface area (Å²) in [7, 11) is 0. The van der Waals surface area contributed by atoms with Gasteiger partial charge in [-0.2, -0.15) is 0 Å². The zero-order valence-electron chi connectivity index (χ0n) is 42.1. The molecule has 0 aromatic rings. The first-order valence-corrected chi connectivity index (χ1v) is 27.4. The molecule has 0 spiro atoms. The van der Waals surface area contributed by atoms with Crippen molar-refractivity contribution in [3.05, 3.63) is 24.3 Å². The van der Waals surface area contributed by atoms with Gasteiger partial charge in [-0.1, -0.05) is 231 Å². The molecule has 0 fully saturated rings. The van der Waals surface area contributed by atoms with Gasteiger partial charge in [-0.25, -0.2) is 0 Å². The summed E-state index contributed by atoms with van der Waals surface area (Å²) in [4.78, 5) is 44.0. The molecule has 1 atom stereocenters. The molecule has 3 N–H and O–H groups in total. The van der Waals surface area contributed by atoms with E-state index in [0.29, 0.717) is 19.4 Å². The standard InChI is InChI=1S/2C28H52O4/c1-2-3-4-5-6-7-8-9-10-11-12-13-14-17-20-23-26-32-28(31)25-22-19-16-15-18-21-24-27(29)30;1-2-3-4-5-6-7-8-9-10-11-12-13-14-15-17-20-23-26(28(31)32)24-21-18-16-19-22-25-27(29)30/h9-10H,2-8,11-26H2,1H3,(H,29,30);20,23,26H,2-19,21-22,24-25H2,1H3,(H,29,30)(H,31,32)/b10-9-;. The second kappa shape index (κ2) is 54.7. The van der Waals surface area contributed by atoms with Gasteiger partial charge < -0.3 is 20.1 Å². The van der Waals surface area contributed by atoms with Crippen molar-refractivity contribution in [2.75, 3.05) is 6.61 Å². The van der Waals surface area contributed by atoms with Crippen LogP contribution in [0.3, 0.4) is 0 Å². The first-order chi connectivity index (χ1) is 31.2. The average molecular weight is 905 g/mol. The molecule has 0 aromatic carbocycles. The van der Waals surface area contributed by atoms with Crippen molar-refractivity contribution < 1.29 is 39.2 Å². The van der Waals surface area contributed by atoms with Gasteiger partial charge in [0.1, 0.15) is 0 Å². The molecular weight excluding hydrogens is 801 g/mol. The molecule has 376 valence electrons. The summed E-state index contributed by atoms with van der Waals surface area (Å²) >= 11 is 0. The summed E-state index contributed by atoms with van der Waals surface area (Å²) in [6, 6.07) is 0. The first-order valence-electron chi connectivity index (χ1n) is 27.4. The van der Waals surface area contributed by atoms with Gasteiger partial charge in [0, 0.05) is 19.3 Å². The number of carbonyl (C=O) groups is 4. The Balaban J connectivity index is 0. The van der Waals surface area contributed by atoms with Crippen molar-refractivity contribution >= 4 is 23.9 Å². The lowest BCUT2D eigenvalue weighted by molar-refractivity contribution is -0.144. The number of aliphatic carboxylic acids is 3. The normalized spacial score (nSPS) is 11.8. The van der Waals surface area contributed by atoms with Crippen molar-refractivity contribution in [1.29, 1.82) is 0 Å². The number of carbonyl (C=O) groups excluding carboxylic acids is 1. The van der Waals surface area contributed by atoms with Gasteiger partial charge in [0.2, 0.25) is 0 Å². The van der Waals surface area contributed by atoms with Crippen molar-refractivity contribution in [2.24, 2.45) is 5.92 Å². The van der Waals surface area contributed by atoms with Crippen LogP contribution in [0.2, 0.25) is 0 Å². The molecule has 0 amide bonds. The monoisotopic (exact) mass is 905 g/mol. The molecule has 0 saturated carbocycles. The minimum atomic E-state index is -0.736. The molecule has 0 aliphatic carbocycles. The second-order valence-corrected chi connectivity index (χ2v) is 18.6. The lowest BCUT2D eigenvalue weighted by Crippen LogP contribution is -2.10. The molecular formula is C56H104O8. The van der Waals surface area contributed by atoms with E-state index < -0.39 is 17.9 Å². The third-order valence-electron chi connectivity index (χ3n) is 12.3. The molecule has 0 bridgehead atoms. The predicted octanol–water partition coefficient (Wildman–Crippen LogP) is 17.7. The second-order valence-electron chi connectivity index (χ2n) is 18.6. The van der Waals surface area contributed by atoms with Crippen molar-refractivity contribution in [3.8, 4) is 0 Å². The summed E-state index contributed by atoms with van der Waals surface area (Å²) in [5, 5.41) is 26.6. The van der Waals surface area contributed by atoms with Crippen molar-refractivity contribution in [3.63, 3.8) is 0 Å². The van der Waals surface area contributed by atoms with Gasteiger partial charge >= 0.3 is 23.9 Å². The highest BCUT2D eigenvalue weighted by Crippen LogP contribution is 2.17. The van der Waals surface area contributed by atoms with Gasteiger partial charge in [-0.05, 0) is 70.6 Å². The number of unbranched alkanes of at least 4 members (excludes halogenated alkanes) is 35. The van der Waals surface area contributed by atoms with Crippen LogP contribution in [0.1, 0.15) is 296 Å². The fraction of sp³-hybridized carbons (Fsp3) is 0.857. The Kier molecular flexibility index (Phi) is 54.2. The van der Waals surface area contributed by atoms with Crippen LogP contribution in [0.5, 0.6) is 0 Å². The van der Waals surface area contributed by atoms with E-state index in [0.717, 1.165) is 96.3 Å². The van der Waals surface area contributed by atoms with Gasteiger partial charge in [0.25, 0.3) is 0 Å². The Morgan fingerprint density at radius 1 is 0.375 bits per heavy atom. The van der Waals surface area contributed by atoms with Crippen molar-refractivity contribution in [1.82, 2.24) is 0 Å². The number of ether oxygens (including phenoxy) is 1. The summed E-state index contributed by atoms with van der Waals surface area (Å²) < 4.78 is 5.32. The minimum Gasteiger partial charge on any atom is -0.481 e. The predicted molar refractivity (Wildman–Crippen MR) is 270 cm³/mol. The number of hydrogen-bond donors (Lipinski definition) is 3. The number of esters is 1. The Morgan fingerprint density at radius 2 is 0.688 bits per heavy atom. The van der Waals surface area contributed by atoms with E-state index in [1.165, 1.54) is 161 Å². The molecule has 1 unspecified atom stereocenters. The van der Waals surface area contributed by atoms with Gasteiger partial charge in [-0.15, -0.1) is 0 Å². The summed E-state index contributed by atoms with van der Waals surface area (Å²) in [5.74, 6) is -2.62. The fourth-order valence-electron chi connectivity index (χ4n) is 8.05. The summed E-state index contributed by atoms with van der Waals surface area (Å²) in [6.45, 7) is 5.10. The largest absolute Gasteiger partial charge is 0.481 e. The lowest BCUT2D eigenvalue weighted by atomic mass is 9.99. The maximum atomic E-state index is 11.7. The maximum Gasteiger partial charge on any atom is 0.310 e. The van der Waals surface area contributed by atoms with Crippen LogP contribution in [0.4, 0.5) is 0 Å². The van der Waals surface area contributed by atoms with Crippen LogP contribution < -0.4 is 0 Å². The number of carboxylic acid groups (broad SMARTS) is 3. The van der Waals surface area contributed by atoms with E-state index >= 15 is 0 Å². The number of carboxylic acids is 3. The van der Waals surface area contributed by atoms with E-state index in [2.05, 4.69) is 32.1 Å². The lowest BCUT2D eigenvalue weighted by Gasteiger charge is -2.07. The summed E-state index contributed by atoms with van der Waals surface area (Å²) in [6.07, 6.45) is 58.6. The quantitative estimate of drug-likeness (QED) is 0.0312. The Hall–Kier alpha value is -2.64. The molecule has 0 saturated heterocycles. The molecule has 0 aliphatic heterocycles. The average Bonchev–Trinajstić information content (AvgIpc) is 3.27. The molecule has 8 heteroatoms. The SMILES string of the molecule is CCCCCCCC/C=C\CCCCCCCCOC(=O)CCCCCCCCC(=O)O.CCCCCCCCCCCCCCCCC=CC(CCCCCCCC(=O)O)C(=O)O. The van der Waals surface area contributed by atoms with E-state index in [-0.39, 0.29) is 24.7 Å². The smallest absolute Gasteiger partial charge is 0.310 e. The fourth-order valence-corrected chi connectivity index (χ4v) is 8.05. The Bertz CT molecular complexity index is 1070. The first kappa shape index (κ1) is 63.4. The van der Waals surface area contributed by atoms with E-state index in [1.54, 1.807) is 0 Å². The van der Waals surface area contributed by atoms with E-state index in [1.807, 2.05) is 6.08 Å². The van der Waals surface area contributed by atoms with Crippen LogP contribution in [0, 0.1) is 5.92 Å². The van der Waals surface area contributed by atoms with E-state index in [4.69, 9.17) is 14.9 Å². The van der Waals surface area contributed by atoms with Gasteiger partial charge in [-0.3, -0.25) is 19.2 Å². The number of allylic oxidation sites excluding steroid dienone is 3. The van der Waals surface area contributed by atoms with E-state index in [9.17, 15) is 24.3 Å². The van der Waals surface area contributed by atoms with Gasteiger partial charge in [0.05, 0.1) is 12.5 Å². The third-order valence-corrected chi connectivity index (χ3v) is 12.3. The van der Waals surface area contributed by atoms with Crippen LogP contribution in [-0.2, 0) is 23.9 Å². The highest BCUT2D eigenvalue weighted by molar-refractivity contribution is 5.72. The topological polar surface area (TPSA) is 138 Å². The highest BCUT2D eigenvalue weighted by Gasteiger charge is 2.13. The summed E-state index contributed by atoms with van der Waals surface area (Å²) in [5.41, 5.74) is 0. The third kappa shape index (κ3) is 57.4. The highest BCUT2D eigenvalue weighted by atomic mass is 16.5. The zero-order chi connectivity index (χ0) is 47.2. The number of hydrogen-bond acceptors (Lipinski definition) is 5. The molecule has 0 aliphatic rings. The molecule has 8 nitrogen and oxygen atoms in total. The van der Waals surface area contributed by atoms with Crippen LogP contribution in [0.25, 0.3) is 0 Å². The molecule has 0 heterocycles.